The second-order valence-electron chi connectivity index (χ2n) is 5.27. The van der Waals surface area contributed by atoms with Gasteiger partial charge in [-0.15, -0.1) is 12.4 Å². The van der Waals surface area contributed by atoms with Crippen LogP contribution in [0.4, 0.5) is 0 Å². The summed E-state index contributed by atoms with van der Waals surface area (Å²) >= 11 is 0. The molecular weight excluding hydrogens is 292 g/mol. The fourth-order valence-corrected chi connectivity index (χ4v) is 2.65. The number of nitrogens with zero attached hydrogens (tertiary/aromatic N) is 3. The molecule has 21 heavy (non-hydrogen) atoms. The van der Waals surface area contributed by atoms with Gasteiger partial charge in [0, 0.05) is 0 Å². The zero-order valence-electron chi connectivity index (χ0n) is 12.1. The van der Waals surface area contributed by atoms with Gasteiger partial charge in [-0.3, -0.25) is 4.90 Å². The third-order valence-electron chi connectivity index (χ3n) is 3.77. The highest BCUT2D eigenvalue weighted by Crippen LogP contribution is 2.20. The van der Waals surface area contributed by atoms with Crippen LogP contribution in [-0.2, 0) is 6.54 Å². The van der Waals surface area contributed by atoms with Crippen molar-refractivity contribution >= 4 is 12.4 Å². The van der Waals surface area contributed by atoms with E-state index >= 15 is 0 Å². The van der Waals surface area contributed by atoms with E-state index < -0.39 is 0 Å². The summed E-state index contributed by atoms with van der Waals surface area (Å²) in [6, 6.07) is 3.65. The van der Waals surface area contributed by atoms with Crippen LogP contribution in [0.3, 0.4) is 0 Å². The molecule has 1 aliphatic heterocycles. The summed E-state index contributed by atoms with van der Waals surface area (Å²) in [5.41, 5.74) is 0. The van der Waals surface area contributed by atoms with E-state index in [2.05, 4.69) is 20.4 Å². The zero-order chi connectivity index (χ0) is 13.8. The van der Waals surface area contributed by atoms with Crippen LogP contribution >= 0.6 is 12.4 Å². The van der Waals surface area contributed by atoms with Gasteiger partial charge in [-0.25, -0.2) is 0 Å². The van der Waals surface area contributed by atoms with E-state index in [4.69, 9.17) is 8.94 Å². The predicted molar refractivity (Wildman–Crippen MR) is 81.2 cm³/mol. The van der Waals surface area contributed by atoms with Gasteiger partial charge < -0.3 is 14.3 Å². The SMILES string of the molecule is CNCC1CCN(Cc2nc(-c3ccco3)no2)CC1.Cl. The highest BCUT2D eigenvalue weighted by atomic mass is 35.5. The lowest BCUT2D eigenvalue weighted by molar-refractivity contribution is 0.159. The molecule has 1 aliphatic rings. The zero-order valence-corrected chi connectivity index (χ0v) is 12.9. The Morgan fingerprint density at radius 1 is 1.38 bits per heavy atom. The maximum Gasteiger partial charge on any atom is 0.241 e. The number of nitrogens with one attached hydrogen (secondary N) is 1. The fourth-order valence-electron chi connectivity index (χ4n) is 2.65. The number of furan rings is 1. The van der Waals surface area contributed by atoms with E-state index in [1.165, 1.54) is 12.8 Å². The van der Waals surface area contributed by atoms with E-state index in [1.54, 1.807) is 6.26 Å². The second-order valence-corrected chi connectivity index (χ2v) is 5.27. The number of piperidine rings is 1. The van der Waals surface area contributed by atoms with Crippen LogP contribution < -0.4 is 5.32 Å². The average molecular weight is 313 g/mol. The van der Waals surface area contributed by atoms with Gasteiger partial charge >= 0.3 is 0 Å². The highest BCUT2D eigenvalue weighted by molar-refractivity contribution is 5.85. The van der Waals surface area contributed by atoms with Gasteiger partial charge in [-0.05, 0) is 57.6 Å². The van der Waals surface area contributed by atoms with E-state index in [9.17, 15) is 0 Å². The molecule has 2 aromatic rings. The van der Waals surface area contributed by atoms with Gasteiger partial charge in [0.1, 0.15) is 0 Å². The van der Waals surface area contributed by atoms with Gasteiger partial charge in [0.05, 0.1) is 12.8 Å². The molecule has 6 nitrogen and oxygen atoms in total. The third-order valence-corrected chi connectivity index (χ3v) is 3.77. The molecule has 1 N–H and O–H groups in total. The molecule has 1 fully saturated rings. The maximum atomic E-state index is 5.29. The van der Waals surface area contributed by atoms with Gasteiger partial charge in [-0.2, -0.15) is 4.98 Å². The lowest BCUT2D eigenvalue weighted by atomic mass is 9.97. The summed E-state index contributed by atoms with van der Waals surface area (Å²) in [6.07, 6.45) is 4.05. The Balaban J connectivity index is 0.00000161. The van der Waals surface area contributed by atoms with Gasteiger partial charge in [0.15, 0.2) is 5.76 Å². The van der Waals surface area contributed by atoms with Gasteiger partial charge in [-0.1, -0.05) is 5.16 Å². The lowest BCUT2D eigenvalue weighted by Gasteiger charge is -2.30. The topological polar surface area (TPSA) is 67.3 Å². The number of rotatable bonds is 5. The van der Waals surface area contributed by atoms with E-state index in [1.807, 2.05) is 19.2 Å². The molecule has 3 rings (SSSR count). The Kier molecular flexibility index (Phi) is 5.78. The molecule has 1 saturated heterocycles. The number of halogens is 1. The molecule has 0 unspecified atom stereocenters. The standard InChI is InChI=1S/C14H20N4O2.ClH/c1-15-9-11-4-6-18(7-5-11)10-13-16-14(17-20-13)12-3-2-8-19-12;/h2-3,8,11,15H,4-7,9-10H2,1H3;1H. The van der Waals surface area contributed by atoms with Crippen molar-refractivity contribution in [3.8, 4) is 11.6 Å². The van der Waals surface area contributed by atoms with Gasteiger partial charge in [0.25, 0.3) is 0 Å². The molecular formula is C14H21ClN4O2. The van der Waals surface area contributed by atoms with Crippen molar-refractivity contribution in [2.45, 2.75) is 19.4 Å². The second kappa shape index (κ2) is 7.59. The monoisotopic (exact) mass is 312 g/mol. The first-order valence-electron chi connectivity index (χ1n) is 7.08. The quantitative estimate of drug-likeness (QED) is 0.913. The van der Waals surface area contributed by atoms with Crippen LogP contribution in [0, 0.1) is 5.92 Å². The van der Waals surface area contributed by atoms with Gasteiger partial charge in [0.2, 0.25) is 11.7 Å². The Morgan fingerprint density at radius 3 is 2.86 bits per heavy atom. The molecule has 0 atom stereocenters. The third kappa shape index (κ3) is 4.06. The molecule has 0 radical (unpaired) electrons. The fraction of sp³-hybridized carbons (Fsp3) is 0.571. The van der Waals surface area contributed by atoms with E-state index in [0.29, 0.717) is 17.5 Å². The summed E-state index contributed by atoms with van der Waals surface area (Å²) in [6.45, 7) is 4.01. The molecule has 3 heterocycles. The minimum Gasteiger partial charge on any atom is -0.461 e. The molecule has 0 amide bonds. The van der Waals surface area contributed by atoms with Crippen LogP contribution in [-0.4, -0.2) is 41.7 Å². The minimum absolute atomic E-state index is 0. The molecule has 116 valence electrons. The average Bonchev–Trinajstić information content (AvgIpc) is 3.12. The summed E-state index contributed by atoms with van der Waals surface area (Å²) < 4.78 is 10.5. The summed E-state index contributed by atoms with van der Waals surface area (Å²) in [4.78, 5) is 6.74. The summed E-state index contributed by atoms with van der Waals surface area (Å²) in [7, 11) is 2.01. The van der Waals surface area contributed by atoms with Crippen molar-refractivity contribution in [3.63, 3.8) is 0 Å². The van der Waals surface area contributed by atoms with Crippen LogP contribution in [0.25, 0.3) is 11.6 Å². The maximum absolute atomic E-state index is 5.29. The Labute approximate surface area is 130 Å². The molecule has 0 spiro atoms. The smallest absolute Gasteiger partial charge is 0.241 e. The molecule has 2 aromatic heterocycles. The van der Waals surface area contributed by atoms with Crippen molar-refractivity contribution in [1.82, 2.24) is 20.4 Å². The number of hydrogen-bond acceptors (Lipinski definition) is 6. The van der Waals surface area contributed by atoms with Crippen molar-refractivity contribution in [1.29, 1.82) is 0 Å². The van der Waals surface area contributed by atoms with Crippen molar-refractivity contribution < 1.29 is 8.94 Å². The molecule has 0 aliphatic carbocycles. The normalized spacial score (nSPS) is 16.8. The van der Waals surface area contributed by atoms with Crippen molar-refractivity contribution in [2.24, 2.45) is 5.92 Å². The molecule has 0 saturated carbocycles. The molecule has 7 heteroatoms. The predicted octanol–water partition coefficient (Wildman–Crippen LogP) is 2.18. The van der Waals surface area contributed by atoms with Crippen LogP contribution in [0.5, 0.6) is 0 Å². The van der Waals surface area contributed by atoms with E-state index in [-0.39, 0.29) is 12.4 Å². The van der Waals surface area contributed by atoms with Crippen molar-refractivity contribution in [2.75, 3.05) is 26.7 Å². The first-order chi connectivity index (χ1) is 9.85. The first-order valence-corrected chi connectivity index (χ1v) is 7.08. The van der Waals surface area contributed by atoms with Crippen LogP contribution in [0.1, 0.15) is 18.7 Å². The Morgan fingerprint density at radius 2 is 2.19 bits per heavy atom. The minimum atomic E-state index is 0. The number of hydrogen-bond donors (Lipinski definition) is 1. The lowest BCUT2D eigenvalue weighted by Crippen LogP contribution is -2.36. The Bertz CT molecular complexity index is 521. The first kappa shape index (κ1) is 16.0. The number of aromatic nitrogens is 2. The van der Waals surface area contributed by atoms with E-state index in [0.717, 1.165) is 32.1 Å². The van der Waals surface area contributed by atoms with Crippen LogP contribution in [0.15, 0.2) is 27.3 Å². The molecule has 0 aromatic carbocycles. The summed E-state index contributed by atoms with van der Waals surface area (Å²) in [5, 5.41) is 7.20. The summed E-state index contributed by atoms with van der Waals surface area (Å²) in [5.74, 6) is 2.61. The number of likely N-dealkylation sites (tertiary alicyclic amines) is 1. The Hall–Kier alpha value is -1.37. The molecule has 0 bridgehead atoms. The highest BCUT2D eigenvalue weighted by Gasteiger charge is 2.20. The van der Waals surface area contributed by atoms with Crippen LogP contribution in [0.2, 0.25) is 0 Å². The van der Waals surface area contributed by atoms with Crippen molar-refractivity contribution in [3.05, 3.63) is 24.3 Å². The largest absolute Gasteiger partial charge is 0.461 e.